The van der Waals surface area contributed by atoms with Gasteiger partial charge in [-0.25, -0.2) is 14.4 Å². The van der Waals surface area contributed by atoms with Crippen LogP contribution in [0.5, 0.6) is 0 Å². The van der Waals surface area contributed by atoms with Gasteiger partial charge in [0, 0.05) is 42.9 Å². The van der Waals surface area contributed by atoms with E-state index >= 15 is 0 Å². The second-order valence-electron chi connectivity index (χ2n) is 8.71. The molecule has 35 heavy (non-hydrogen) atoms. The third-order valence-corrected chi connectivity index (χ3v) is 6.22. The summed E-state index contributed by atoms with van der Waals surface area (Å²) >= 11 is 0. The Hall–Kier alpha value is -4.12. The van der Waals surface area contributed by atoms with E-state index in [2.05, 4.69) is 20.0 Å². The molecular formula is C24H24FN9O. The SMILES string of the molecule is Cc1cnc2ccc(-c3c(N4CCOC(C)C4)nc(N)n4nc(Cc5ncccc5F)nc34)cn12. The minimum absolute atomic E-state index is 0.0507. The number of morpholine rings is 1. The number of anilines is 2. The van der Waals surface area contributed by atoms with Crippen LogP contribution in [0.4, 0.5) is 16.2 Å². The maximum Gasteiger partial charge on any atom is 0.225 e. The molecule has 0 radical (unpaired) electrons. The molecule has 6 heterocycles. The summed E-state index contributed by atoms with van der Waals surface area (Å²) in [5, 5.41) is 4.55. The molecule has 2 N–H and O–H groups in total. The van der Waals surface area contributed by atoms with Gasteiger partial charge in [0.2, 0.25) is 5.95 Å². The van der Waals surface area contributed by atoms with E-state index in [9.17, 15) is 4.39 Å². The first-order chi connectivity index (χ1) is 17.0. The molecule has 178 valence electrons. The van der Waals surface area contributed by atoms with Crippen LogP contribution in [0.1, 0.15) is 24.1 Å². The molecule has 1 fully saturated rings. The number of nitrogens with zero attached hydrogens (tertiary/aromatic N) is 8. The van der Waals surface area contributed by atoms with Gasteiger partial charge in [0.1, 0.15) is 17.3 Å². The van der Waals surface area contributed by atoms with Crippen molar-refractivity contribution in [3.8, 4) is 11.1 Å². The average Bonchev–Trinajstić information content (AvgIpc) is 3.44. The van der Waals surface area contributed by atoms with Gasteiger partial charge in [0.25, 0.3) is 0 Å². The Kier molecular flexibility index (Phi) is 5.06. The van der Waals surface area contributed by atoms with Crippen molar-refractivity contribution in [3.63, 3.8) is 0 Å². The van der Waals surface area contributed by atoms with Crippen molar-refractivity contribution in [1.29, 1.82) is 0 Å². The number of aryl methyl sites for hydroxylation is 1. The molecule has 1 atom stereocenters. The summed E-state index contributed by atoms with van der Waals surface area (Å²) in [5.74, 6) is 0.926. The lowest BCUT2D eigenvalue weighted by atomic mass is 10.1. The van der Waals surface area contributed by atoms with Gasteiger partial charge < -0.3 is 19.8 Å². The highest BCUT2D eigenvalue weighted by Gasteiger charge is 2.26. The van der Waals surface area contributed by atoms with Crippen molar-refractivity contribution in [2.45, 2.75) is 26.4 Å². The van der Waals surface area contributed by atoms with Gasteiger partial charge >= 0.3 is 0 Å². The van der Waals surface area contributed by atoms with Crippen LogP contribution in [-0.4, -0.2) is 59.8 Å². The van der Waals surface area contributed by atoms with E-state index in [1.54, 1.807) is 12.3 Å². The summed E-state index contributed by atoms with van der Waals surface area (Å²) < 4.78 is 23.6. The standard InChI is InChI=1S/C24H24FN9O/c1-14-11-28-20-6-5-16(13-33(14)20)21-22(32-8-9-35-15(2)12-32)30-24(26)34-23(21)29-19(31-34)10-18-17(25)4-3-7-27-18/h3-7,11,13,15H,8-10,12H2,1-2H3,(H2,26,30). The molecule has 1 saturated heterocycles. The van der Waals surface area contributed by atoms with Crippen molar-refractivity contribution in [2.24, 2.45) is 0 Å². The Morgan fingerprint density at radius 3 is 2.91 bits per heavy atom. The van der Waals surface area contributed by atoms with E-state index in [1.807, 2.05) is 42.8 Å². The smallest absolute Gasteiger partial charge is 0.225 e. The molecule has 11 heteroatoms. The number of rotatable bonds is 4. The zero-order valence-corrected chi connectivity index (χ0v) is 19.4. The molecule has 0 aliphatic carbocycles. The van der Waals surface area contributed by atoms with Crippen molar-refractivity contribution >= 4 is 23.1 Å². The lowest BCUT2D eigenvalue weighted by Crippen LogP contribution is -2.42. The van der Waals surface area contributed by atoms with Gasteiger partial charge in [-0.15, -0.1) is 5.10 Å². The summed E-state index contributed by atoms with van der Waals surface area (Å²) in [7, 11) is 0. The first-order valence-corrected chi connectivity index (χ1v) is 11.4. The van der Waals surface area contributed by atoms with Crippen molar-refractivity contribution < 1.29 is 9.13 Å². The van der Waals surface area contributed by atoms with Gasteiger partial charge in [0.15, 0.2) is 11.5 Å². The quantitative estimate of drug-likeness (QED) is 0.424. The van der Waals surface area contributed by atoms with Crippen LogP contribution in [0, 0.1) is 12.7 Å². The third-order valence-electron chi connectivity index (χ3n) is 6.22. The first kappa shape index (κ1) is 21.4. The molecule has 0 spiro atoms. The second-order valence-corrected chi connectivity index (χ2v) is 8.71. The molecule has 0 saturated carbocycles. The average molecular weight is 474 g/mol. The van der Waals surface area contributed by atoms with E-state index in [0.717, 1.165) is 22.5 Å². The monoisotopic (exact) mass is 473 g/mol. The van der Waals surface area contributed by atoms with E-state index in [4.69, 9.17) is 20.4 Å². The number of nitrogen functional groups attached to an aromatic ring is 1. The normalized spacial score (nSPS) is 16.4. The van der Waals surface area contributed by atoms with E-state index < -0.39 is 5.82 Å². The minimum atomic E-state index is -0.401. The number of nitrogens with two attached hydrogens (primary N) is 1. The highest BCUT2D eigenvalue weighted by atomic mass is 19.1. The molecule has 6 rings (SSSR count). The zero-order valence-electron chi connectivity index (χ0n) is 19.4. The van der Waals surface area contributed by atoms with E-state index in [-0.39, 0.29) is 24.2 Å². The van der Waals surface area contributed by atoms with Gasteiger partial charge in [-0.05, 0) is 38.1 Å². The van der Waals surface area contributed by atoms with E-state index in [1.165, 1.54) is 10.6 Å². The number of imidazole rings is 1. The number of ether oxygens (including phenoxy) is 1. The van der Waals surface area contributed by atoms with E-state index in [0.29, 0.717) is 37.0 Å². The summed E-state index contributed by atoms with van der Waals surface area (Å²) in [4.78, 5) is 20.3. The maximum absolute atomic E-state index is 14.3. The molecule has 0 amide bonds. The predicted molar refractivity (Wildman–Crippen MR) is 129 cm³/mol. The number of hydrogen-bond donors (Lipinski definition) is 1. The number of halogens is 1. The topological polar surface area (TPSA) is 112 Å². The number of fused-ring (bicyclic) bond motifs is 2. The van der Waals surface area contributed by atoms with Gasteiger partial charge in [-0.2, -0.15) is 9.50 Å². The summed E-state index contributed by atoms with van der Waals surface area (Å²) in [6.45, 7) is 5.96. The Balaban J connectivity index is 1.56. The van der Waals surface area contributed by atoms with Crippen LogP contribution in [0.15, 0.2) is 42.9 Å². The Morgan fingerprint density at radius 2 is 2.09 bits per heavy atom. The summed E-state index contributed by atoms with van der Waals surface area (Å²) in [5.41, 5.74) is 10.7. The molecule has 1 aliphatic heterocycles. The van der Waals surface area contributed by atoms with Crippen LogP contribution in [0.2, 0.25) is 0 Å². The van der Waals surface area contributed by atoms with Crippen LogP contribution in [0.25, 0.3) is 22.4 Å². The van der Waals surface area contributed by atoms with Crippen molar-refractivity contribution in [2.75, 3.05) is 30.3 Å². The lowest BCUT2D eigenvalue weighted by Gasteiger charge is -2.33. The Labute approximate surface area is 200 Å². The van der Waals surface area contributed by atoms with Crippen LogP contribution in [0.3, 0.4) is 0 Å². The fourth-order valence-corrected chi connectivity index (χ4v) is 4.51. The third kappa shape index (κ3) is 3.73. The zero-order chi connectivity index (χ0) is 24.1. The van der Waals surface area contributed by atoms with Crippen LogP contribution >= 0.6 is 0 Å². The summed E-state index contributed by atoms with van der Waals surface area (Å²) in [6, 6.07) is 6.89. The molecule has 10 nitrogen and oxygen atoms in total. The predicted octanol–water partition coefficient (Wildman–Crippen LogP) is 2.68. The lowest BCUT2D eigenvalue weighted by molar-refractivity contribution is 0.0530. The van der Waals surface area contributed by atoms with Crippen molar-refractivity contribution in [3.05, 3.63) is 65.9 Å². The second kappa shape index (κ2) is 8.27. The molecule has 1 unspecified atom stereocenters. The fourth-order valence-electron chi connectivity index (χ4n) is 4.51. The van der Waals surface area contributed by atoms with Crippen molar-refractivity contribution in [1.82, 2.24) is 34.0 Å². The Bertz CT molecular complexity index is 1560. The van der Waals surface area contributed by atoms with Gasteiger partial charge in [-0.1, -0.05) is 0 Å². The molecule has 5 aromatic rings. The fraction of sp³-hybridized carbons (Fsp3) is 0.292. The first-order valence-electron chi connectivity index (χ1n) is 11.4. The highest BCUT2D eigenvalue weighted by molar-refractivity contribution is 5.88. The molecule has 0 aromatic carbocycles. The number of hydrogen-bond acceptors (Lipinski definition) is 8. The van der Waals surface area contributed by atoms with Gasteiger partial charge in [0.05, 0.1) is 30.4 Å². The maximum atomic E-state index is 14.3. The van der Waals surface area contributed by atoms with Gasteiger partial charge in [-0.3, -0.25) is 4.98 Å². The summed E-state index contributed by atoms with van der Waals surface area (Å²) in [6.07, 6.45) is 5.59. The van der Waals surface area contributed by atoms with Crippen LogP contribution < -0.4 is 10.6 Å². The number of pyridine rings is 2. The van der Waals surface area contributed by atoms with Crippen LogP contribution in [-0.2, 0) is 11.2 Å². The molecule has 5 aromatic heterocycles. The molecule has 0 bridgehead atoms. The molecular weight excluding hydrogens is 449 g/mol. The molecule has 1 aliphatic rings. The Morgan fingerprint density at radius 1 is 1.20 bits per heavy atom. The highest BCUT2D eigenvalue weighted by Crippen LogP contribution is 2.35. The largest absolute Gasteiger partial charge is 0.375 e. The number of aromatic nitrogens is 7. The minimum Gasteiger partial charge on any atom is -0.375 e.